The van der Waals surface area contributed by atoms with Crippen LogP contribution in [-0.4, -0.2) is 12.3 Å². The molecule has 1 aliphatic heterocycles. The molecule has 1 aromatic carbocycles. The number of para-hydroxylation sites is 1. The van der Waals surface area contributed by atoms with Gasteiger partial charge in [0.05, 0.1) is 0 Å². The highest BCUT2D eigenvalue weighted by Crippen LogP contribution is 2.27. The van der Waals surface area contributed by atoms with Crippen molar-refractivity contribution in [2.24, 2.45) is 0 Å². The fourth-order valence-corrected chi connectivity index (χ4v) is 1.71. The fourth-order valence-electron chi connectivity index (χ4n) is 1.71. The minimum absolute atomic E-state index is 0.0920. The summed E-state index contributed by atoms with van der Waals surface area (Å²) in [5, 5.41) is 0. The molecule has 0 amide bonds. The third kappa shape index (κ3) is 1.69. The van der Waals surface area contributed by atoms with Crippen molar-refractivity contribution in [3.8, 4) is 0 Å². The Labute approximate surface area is 83.8 Å². The third-order valence-electron chi connectivity index (χ3n) is 2.41. The Kier molecular flexibility index (Phi) is 2.35. The van der Waals surface area contributed by atoms with Crippen LogP contribution in [0.25, 0.3) is 0 Å². The Hall–Kier alpha value is -1.57. The maximum Gasteiger partial charge on any atom is 0.154 e. The maximum absolute atomic E-state index is 10.8. The lowest BCUT2D eigenvalue weighted by atomic mass is 10.2. The normalized spacial score (nSPS) is 14.8. The summed E-state index contributed by atoms with van der Waals surface area (Å²) in [6.07, 6.45) is 4.55. The van der Waals surface area contributed by atoms with Gasteiger partial charge in [0.25, 0.3) is 0 Å². The van der Waals surface area contributed by atoms with Crippen LogP contribution in [0.15, 0.2) is 36.5 Å². The number of benzene rings is 1. The van der Waals surface area contributed by atoms with E-state index >= 15 is 0 Å². The zero-order chi connectivity index (χ0) is 9.97. The molecule has 14 heavy (non-hydrogen) atoms. The molecule has 1 aromatic rings. The van der Waals surface area contributed by atoms with Crippen molar-refractivity contribution in [3.63, 3.8) is 0 Å². The molecule has 0 unspecified atom stereocenters. The van der Waals surface area contributed by atoms with Gasteiger partial charge in [0.2, 0.25) is 0 Å². The van der Waals surface area contributed by atoms with Gasteiger partial charge in [-0.3, -0.25) is 4.79 Å². The van der Waals surface area contributed by atoms with E-state index in [0.717, 1.165) is 13.0 Å². The van der Waals surface area contributed by atoms with E-state index in [-0.39, 0.29) is 5.78 Å². The van der Waals surface area contributed by atoms with E-state index < -0.39 is 0 Å². The third-order valence-corrected chi connectivity index (χ3v) is 2.41. The summed E-state index contributed by atoms with van der Waals surface area (Å²) in [7, 11) is 0. The maximum atomic E-state index is 10.8. The van der Waals surface area contributed by atoms with Gasteiger partial charge in [-0.1, -0.05) is 18.2 Å². The van der Waals surface area contributed by atoms with Crippen LogP contribution in [0, 0.1) is 0 Å². The van der Waals surface area contributed by atoms with E-state index in [4.69, 9.17) is 0 Å². The zero-order valence-electron chi connectivity index (χ0n) is 8.23. The second kappa shape index (κ2) is 3.66. The van der Waals surface area contributed by atoms with Crippen LogP contribution >= 0.6 is 0 Å². The Balaban J connectivity index is 2.22. The van der Waals surface area contributed by atoms with Crippen molar-refractivity contribution >= 4 is 11.5 Å². The van der Waals surface area contributed by atoms with E-state index in [0.29, 0.717) is 0 Å². The van der Waals surface area contributed by atoms with Crippen LogP contribution in [0.2, 0.25) is 0 Å². The first-order valence-corrected chi connectivity index (χ1v) is 4.81. The molecule has 0 atom stereocenters. The first-order valence-electron chi connectivity index (χ1n) is 4.81. The Morgan fingerprint density at radius 3 is 3.00 bits per heavy atom. The second-order valence-electron chi connectivity index (χ2n) is 3.50. The molecular formula is C12H13NO. The Morgan fingerprint density at radius 2 is 2.21 bits per heavy atom. The number of nitrogens with zero attached hydrogens (tertiary/aromatic N) is 1. The molecule has 0 fully saturated rings. The molecule has 0 spiro atoms. The lowest BCUT2D eigenvalue weighted by Crippen LogP contribution is -2.12. The van der Waals surface area contributed by atoms with Gasteiger partial charge in [-0.25, -0.2) is 0 Å². The molecular weight excluding hydrogens is 174 g/mol. The predicted octanol–water partition coefficient (Wildman–Crippen LogP) is 2.15. The standard InChI is InChI=1S/C12H13NO/c1-10(14)6-8-13-9-7-11-4-2-3-5-12(11)13/h2-6,8H,7,9H2,1H3. The number of hydrogen-bond acceptors (Lipinski definition) is 2. The topological polar surface area (TPSA) is 20.3 Å². The molecule has 0 aromatic heterocycles. The van der Waals surface area contributed by atoms with Gasteiger partial charge >= 0.3 is 0 Å². The summed E-state index contributed by atoms with van der Waals surface area (Å²) in [6, 6.07) is 8.31. The number of hydrogen-bond donors (Lipinski definition) is 0. The summed E-state index contributed by atoms with van der Waals surface area (Å²) in [4.78, 5) is 12.9. The lowest BCUT2D eigenvalue weighted by molar-refractivity contribution is -0.112. The SMILES string of the molecule is CC(=O)C=CN1CCc2ccccc21. The number of carbonyl (C=O) groups is 1. The van der Waals surface area contributed by atoms with Crippen LogP contribution in [0.1, 0.15) is 12.5 Å². The highest BCUT2D eigenvalue weighted by molar-refractivity contribution is 5.87. The Morgan fingerprint density at radius 1 is 1.43 bits per heavy atom. The van der Waals surface area contributed by atoms with Gasteiger partial charge in [0.15, 0.2) is 5.78 Å². The molecule has 0 saturated heterocycles. The molecule has 0 aliphatic carbocycles. The average Bonchev–Trinajstić information content (AvgIpc) is 2.58. The summed E-state index contributed by atoms with van der Waals surface area (Å²) in [6.45, 7) is 2.54. The van der Waals surface area contributed by atoms with E-state index in [1.165, 1.54) is 11.3 Å². The number of rotatable bonds is 2. The minimum Gasteiger partial charge on any atom is -0.347 e. The number of anilines is 1. The highest BCUT2D eigenvalue weighted by atomic mass is 16.1. The molecule has 1 heterocycles. The number of fused-ring (bicyclic) bond motifs is 1. The quantitative estimate of drug-likeness (QED) is 0.661. The minimum atomic E-state index is 0.0920. The van der Waals surface area contributed by atoms with Crippen molar-refractivity contribution in [1.29, 1.82) is 0 Å². The summed E-state index contributed by atoms with van der Waals surface area (Å²) >= 11 is 0. The van der Waals surface area contributed by atoms with Crippen molar-refractivity contribution in [2.75, 3.05) is 11.4 Å². The van der Waals surface area contributed by atoms with Crippen LogP contribution in [-0.2, 0) is 11.2 Å². The molecule has 0 radical (unpaired) electrons. The first-order chi connectivity index (χ1) is 6.77. The van der Waals surface area contributed by atoms with Crippen molar-refractivity contribution in [3.05, 3.63) is 42.1 Å². The summed E-state index contributed by atoms with van der Waals surface area (Å²) in [5.41, 5.74) is 2.59. The Bertz CT molecular complexity index is 382. The molecule has 2 rings (SSSR count). The van der Waals surface area contributed by atoms with Crippen molar-refractivity contribution in [2.45, 2.75) is 13.3 Å². The van der Waals surface area contributed by atoms with Gasteiger partial charge in [-0.15, -0.1) is 0 Å². The summed E-state index contributed by atoms with van der Waals surface area (Å²) < 4.78 is 0. The van der Waals surface area contributed by atoms with Crippen molar-refractivity contribution in [1.82, 2.24) is 0 Å². The molecule has 72 valence electrons. The zero-order valence-corrected chi connectivity index (χ0v) is 8.23. The lowest BCUT2D eigenvalue weighted by Gasteiger charge is -2.12. The number of allylic oxidation sites excluding steroid dienone is 1. The smallest absolute Gasteiger partial charge is 0.154 e. The fraction of sp³-hybridized carbons (Fsp3) is 0.250. The molecule has 0 saturated carbocycles. The van der Waals surface area contributed by atoms with E-state index in [1.54, 1.807) is 13.0 Å². The average molecular weight is 187 g/mol. The summed E-state index contributed by atoms with van der Waals surface area (Å²) in [5.74, 6) is 0.0920. The van der Waals surface area contributed by atoms with Gasteiger partial charge in [0, 0.05) is 18.4 Å². The number of carbonyl (C=O) groups excluding carboxylic acids is 1. The van der Waals surface area contributed by atoms with Gasteiger partial charge in [0.1, 0.15) is 0 Å². The van der Waals surface area contributed by atoms with Gasteiger partial charge in [-0.2, -0.15) is 0 Å². The molecule has 2 nitrogen and oxygen atoms in total. The van der Waals surface area contributed by atoms with Crippen LogP contribution < -0.4 is 4.90 Å². The van der Waals surface area contributed by atoms with Crippen LogP contribution in [0.4, 0.5) is 5.69 Å². The molecule has 1 aliphatic rings. The molecule has 0 N–H and O–H groups in total. The highest BCUT2D eigenvalue weighted by Gasteiger charge is 2.15. The van der Waals surface area contributed by atoms with Gasteiger partial charge < -0.3 is 4.90 Å². The predicted molar refractivity (Wildman–Crippen MR) is 57.3 cm³/mol. The van der Waals surface area contributed by atoms with Crippen LogP contribution in [0.5, 0.6) is 0 Å². The van der Waals surface area contributed by atoms with Crippen molar-refractivity contribution < 1.29 is 4.79 Å². The number of ketones is 1. The van der Waals surface area contributed by atoms with Crippen LogP contribution in [0.3, 0.4) is 0 Å². The molecule has 2 heteroatoms. The molecule has 0 bridgehead atoms. The van der Waals surface area contributed by atoms with E-state index in [9.17, 15) is 4.79 Å². The monoisotopic (exact) mass is 187 g/mol. The second-order valence-corrected chi connectivity index (χ2v) is 3.50. The van der Waals surface area contributed by atoms with E-state index in [1.807, 2.05) is 12.3 Å². The van der Waals surface area contributed by atoms with E-state index in [2.05, 4.69) is 23.1 Å². The largest absolute Gasteiger partial charge is 0.347 e. The first kappa shape index (κ1) is 9.00. The van der Waals surface area contributed by atoms with Gasteiger partial charge in [-0.05, 0) is 31.1 Å².